The molecular weight excluding hydrogens is 150 g/mol. The molecule has 1 aliphatic heterocycles. The molecule has 1 aliphatic carbocycles. The monoisotopic (exact) mass is 167 g/mol. The van der Waals surface area contributed by atoms with E-state index in [4.69, 9.17) is 0 Å². The van der Waals surface area contributed by atoms with Crippen LogP contribution in [0.2, 0.25) is 0 Å². The molecule has 2 heteroatoms. The van der Waals surface area contributed by atoms with Crippen LogP contribution in [0.3, 0.4) is 0 Å². The van der Waals surface area contributed by atoms with Crippen LogP contribution in [0.1, 0.15) is 27.2 Å². The molecule has 0 aromatic heterocycles. The van der Waals surface area contributed by atoms with Crippen LogP contribution < -0.4 is 5.32 Å². The van der Waals surface area contributed by atoms with Crippen LogP contribution in [-0.2, 0) is 4.79 Å². The van der Waals surface area contributed by atoms with Gasteiger partial charge in [0.25, 0.3) is 0 Å². The quantitative estimate of drug-likeness (QED) is 0.580. The number of fused-ring (bicyclic) bond motifs is 1. The van der Waals surface area contributed by atoms with Crippen molar-refractivity contribution in [2.45, 2.75) is 33.2 Å². The lowest BCUT2D eigenvalue weighted by Crippen LogP contribution is -2.59. The molecular formula is C10H17NO. The first kappa shape index (κ1) is 8.09. The molecule has 2 nitrogen and oxygen atoms in total. The molecule has 1 amide bonds. The highest BCUT2D eigenvalue weighted by molar-refractivity contribution is 5.77. The van der Waals surface area contributed by atoms with Crippen LogP contribution >= 0.6 is 0 Å². The van der Waals surface area contributed by atoms with Crippen molar-refractivity contribution < 1.29 is 4.79 Å². The van der Waals surface area contributed by atoms with Gasteiger partial charge in [-0.3, -0.25) is 4.79 Å². The average Bonchev–Trinajstić information content (AvgIpc) is 2.02. The summed E-state index contributed by atoms with van der Waals surface area (Å²) in [6.07, 6.45) is 0.764. The van der Waals surface area contributed by atoms with Gasteiger partial charge in [-0.1, -0.05) is 13.8 Å². The van der Waals surface area contributed by atoms with Gasteiger partial charge >= 0.3 is 0 Å². The van der Waals surface area contributed by atoms with Crippen molar-refractivity contribution in [3.05, 3.63) is 0 Å². The highest BCUT2D eigenvalue weighted by Crippen LogP contribution is 2.50. The lowest BCUT2D eigenvalue weighted by Gasteiger charge is -2.54. The number of piperidine rings is 1. The molecule has 1 saturated carbocycles. The summed E-state index contributed by atoms with van der Waals surface area (Å²) in [6.45, 7) is 6.72. The summed E-state index contributed by atoms with van der Waals surface area (Å²) < 4.78 is 0. The molecule has 1 N–H and O–H groups in total. The number of carbonyl (C=O) groups excluding carboxylic acids is 1. The predicted octanol–water partition coefficient (Wildman–Crippen LogP) is 1.41. The molecule has 2 fully saturated rings. The van der Waals surface area contributed by atoms with Gasteiger partial charge in [-0.25, -0.2) is 0 Å². The number of rotatable bonds is 0. The van der Waals surface area contributed by atoms with Crippen molar-refractivity contribution >= 4 is 5.91 Å². The molecule has 0 bridgehead atoms. The SMILES string of the molecule is CC1NC(=O)CC2C(C)C(C)C12. The highest BCUT2D eigenvalue weighted by Gasteiger charge is 2.50. The van der Waals surface area contributed by atoms with Gasteiger partial charge in [0.1, 0.15) is 0 Å². The van der Waals surface area contributed by atoms with Crippen LogP contribution in [0, 0.1) is 23.7 Å². The molecule has 1 saturated heterocycles. The first-order valence-corrected chi connectivity index (χ1v) is 4.90. The maximum atomic E-state index is 11.2. The van der Waals surface area contributed by atoms with E-state index in [1.165, 1.54) is 0 Å². The normalized spacial score (nSPS) is 52.2. The highest BCUT2D eigenvalue weighted by atomic mass is 16.1. The second-order valence-electron chi connectivity index (χ2n) is 4.52. The van der Waals surface area contributed by atoms with Crippen molar-refractivity contribution in [3.8, 4) is 0 Å². The molecule has 0 radical (unpaired) electrons. The smallest absolute Gasteiger partial charge is 0.220 e. The number of hydrogen-bond acceptors (Lipinski definition) is 1. The van der Waals surface area contributed by atoms with E-state index in [1.807, 2.05) is 0 Å². The first-order valence-electron chi connectivity index (χ1n) is 4.90. The Labute approximate surface area is 73.7 Å². The third-order valence-electron chi connectivity index (χ3n) is 3.99. The molecule has 12 heavy (non-hydrogen) atoms. The van der Waals surface area contributed by atoms with Crippen molar-refractivity contribution in [3.63, 3.8) is 0 Å². The lowest BCUT2D eigenvalue weighted by molar-refractivity contribution is -0.136. The summed E-state index contributed by atoms with van der Waals surface area (Å²) in [7, 11) is 0. The molecule has 5 atom stereocenters. The van der Waals surface area contributed by atoms with E-state index >= 15 is 0 Å². The van der Waals surface area contributed by atoms with Crippen molar-refractivity contribution in [1.29, 1.82) is 0 Å². The van der Waals surface area contributed by atoms with Gasteiger partial charge in [0.2, 0.25) is 5.91 Å². The fourth-order valence-corrected chi connectivity index (χ4v) is 3.11. The van der Waals surface area contributed by atoms with E-state index in [-0.39, 0.29) is 5.91 Å². The molecule has 68 valence electrons. The molecule has 0 aromatic carbocycles. The van der Waals surface area contributed by atoms with E-state index in [9.17, 15) is 4.79 Å². The Morgan fingerprint density at radius 1 is 1.25 bits per heavy atom. The zero-order valence-electron chi connectivity index (χ0n) is 8.00. The zero-order chi connectivity index (χ0) is 8.88. The Balaban J connectivity index is 2.11. The molecule has 0 aromatic rings. The summed E-state index contributed by atoms with van der Waals surface area (Å²) in [5.41, 5.74) is 0. The van der Waals surface area contributed by atoms with Crippen molar-refractivity contribution in [2.24, 2.45) is 23.7 Å². The molecule has 0 spiro atoms. The summed E-state index contributed by atoms with van der Waals surface area (Å²) >= 11 is 0. The van der Waals surface area contributed by atoms with Gasteiger partial charge in [-0.05, 0) is 30.6 Å². The summed E-state index contributed by atoms with van der Waals surface area (Å²) in [5.74, 6) is 3.22. The van der Waals surface area contributed by atoms with Gasteiger partial charge in [0.05, 0.1) is 0 Å². The number of hydrogen-bond donors (Lipinski definition) is 1. The summed E-state index contributed by atoms with van der Waals surface area (Å²) in [6, 6.07) is 0.405. The summed E-state index contributed by atoms with van der Waals surface area (Å²) in [4.78, 5) is 11.2. The average molecular weight is 167 g/mol. The van der Waals surface area contributed by atoms with Crippen molar-refractivity contribution in [2.75, 3.05) is 0 Å². The second kappa shape index (κ2) is 2.48. The standard InChI is InChI=1S/C10H17NO/c1-5-6(2)10-7(3)11-9(12)4-8(5)10/h5-8,10H,4H2,1-3H3,(H,11,12). The van der Waals surface area contributed by atoms with Crippen LogP contribution in [0.4, 0.5) is 0 Å². The fourth-order valence-electron chi connectivity index (χ4n) is 3.11. The van der Waals surface area contributed by atoms with Crippen LogP contribution in [0.25, 0.3) is 0 Å². The molecule has 1 heterocycles. The number of carbonyl (C=O) groups is 1. The van der Waals surface area contributed by atoms with E-state index in [0.717, 1.165) is 24.2 Å². The van der Waals surface area contributed by atoms with E-state index in [2.05, 4.69) is 26.1 Å². The largest absolute Gasteiger partial charge is 0.353 e. The minimum absolute atomic E-state index is 0.252. The van der Waals surface area contributed by atoms with Gasteiger partial charge in [-0.2, -0.15) is 0 Å². The van der Waals surface area contributed by atoms with Crippen LogP contribution in [0.15, 0.2) is 0 Å². The molecule has 2 aliphatic rings. The predicted molar refractivity (Wildman–Crippen MR) is 47.5 cm³/mol. The van der Waals surface area contributed by atoms with Crippen LogP contribution in [-0.4, -0.2) is 11.9 Å². The number of nitrogens with one attached hydrogen (secondary N) is 1. The van der Waals surface area contributed by atoms with Gasteiger partial charge in [0, 0.05) is 12.5 Å². The Hall–Kier alpha value is -0.530. The Morgan fingerprint density at radius 3 is 2.58 bits per heavy atom. The molecule has 2 rings (SSSR count). The Bertz CT molecular complexity index is 214. The minimum Gasteiger partial charge on any atom is -0.353 e. The number of amides is 1. The third-order valence-corrected chi connectivity index (χ3v) is 3.99. The third kappa shape index (κ3) is 0.900. The van der Waals surface area contributed by atoms with Crippen molar-refractivity contribution in [1.82, 2.24) is 5.32 Å². The maximum absolute atomic E-state index is 11.2. The Kier molecular flexibility index (Phi) is 1.67. The van der Waals surface area contributed by atoms with E-state index in [0.29, 0.717) is 12.0 Å². The van der Waals surface area contributed by atoms with E-state index in [1.54, 1.807) is 0 Å². The first-order chi connectivity index (χ1) is 5.61. The topological polar surface area (TPSA) is 29.1 Å². The van der Waals surface area contributed by atoms with E-state index < -0.39 is 0 Å². The Morgan fingerprint density at radius 2 is 1.92 bits per heavy atom. The fraction of sp³-hybridized carbons (Fsp3) is 0.900. The van der Waals surface area contributed by atoms with Crippen LogP contribution in [0.5, 0.6) is 0 Å². The van der Waals surface area contributed by atoms with Gasteiger partial charge < -0.3 is 5.32 Å². The minimum atomic E-state index is 0.252. The molecule has 5 unspecified atom stereocenters. The summed E-state index contributed by atoms with van der Waals surface area (Å²) in [5, 5.41) is 3.02. The van der Waals surface area contributed by atoms with Gasteiger partial charge in [0.15, 0.2) is 0 Å². The lowest BCUT2D eigenvalue weighted by atomic mass is 9.53. The second-order valence-corrected chi connectivity index (χ2v) is 4.52. The zero-order valence-corrected chi connectivity index (χ0v) is 8.00. The maximum Gasteiger partial charge on any atom is 0.220 e. The van der Waals surface area contributed by atoms with Gasteiger partial charge in [-0.15, -0.1) is 0 Å².